The lowest BCUT2D eigenvalue weighted by Gasteiger charge is -2.32. The number of carbonyl (C=O) groups excluding carboxylic acids is 1. The van der Waals surface area contributed by atoms with Crippen LogP contribution in [-0.4, -0.2) is 66.7 Å². The summed E-state index contributed by atoms with van der Waals surface area (Å²) in [5.41, 5.74) is 0. The van der Waals surface area contributed by atoms with Gasteiger partial charge in [-0.1, -0.05) is 0 Å². The third-order valence-corrected chi connectivity index (χ3v) is 4.21. The lowest BCUT2D eigenvalue weighted by Crippen LogP contribution is -2.47. The molecule has 2 atom stereocenters. The van der Waals surface area contributed by atoms with Crippen LogP contribution in [0.4, 0.5) is 4.79 Å². The Kier molecular flexibility index (Phi) is 6.26. The van der Waals surface area contributed by atoms with E-state index in [-0.39, 0.29) is 12.1 Å². The van der Waals surface area contributed by atoms with E-state index < -0.39 is 11.9 Å². The van der Waals surface area contributed by atoms with Crippen LogP contribution in [0.1, 0.15) is 26.7 Å². The summed E-state index contributed by atoms with van der Waals surface area (Å²) < 4.78 is 0. The first-order valence-corrected chi connectivity index (χ1v) is 7.24. The number of urea groups is 1. The van der Waals surface area contributed by atoms with Crippen molar-refractivity contribution in [2.45, 2.75) is 32.7 Å². The molecule has 2 N–H and O–H groups in total. The fourth-order valence-corrected chi connectivity index (χ4v) is 2.36. The Bertz CT molecular complexity index is 341. The molecule has 0 aliphatic carbocycles. The molecule has 116 valence electrons. The minimum Gasteiger partial charge on any atom is -0.481 e. The monoisotopic (exact) mass is 285 g/mol. The zero-order valence-corrected chi connectivity index (χ0v) is 12.9. The molecule has 0 radical (unpaired) electrons. The summed E-state index contributed by atoms with van der Waals surface area (Å²) in [6.07, 6.45) is 2.21. The molecule has 0 aromatic carbocycles. The molecule has 0 spiro atoms. The summed E-state index contributed by atoms with van der Waals surface area (Å²) in [6, 6.07) is -0.565. The number of carboxylic acids is 1. The minimum absolute atomic E-state index is 0.190. The molecule has 0 aromatic heterocycles. The average molecular weight is 285 g/mol. The van der Waals surface area contributed by atoms with E-state index in [1.54, 1.807) is 25.8 Å². The van der Waals surface area contributed by atoms with Crippen LogP contribution in [-0.2, 0) is 4.79 Å². The second-order valence-corrected chi connectivity index (χ2v) is 5.99. The maximum atomic E-state index is 12.0. The topological polar surface area (TPSA) is 72.9 Å². The Morgan fingerprint density at radius 3 is 2.40 bits per heavy atom. The highest BCUT2D eigenvalue weighted by molar-refractivity contribution is 5.76. The van der Waals surface area contributed by atoms with Gasteiger partial charge in [0.15, 0.2) is 0 Å². The van der Waals surface area contributed by atoms with E-state index in [0.29, 0.717) is 5.92 Å². The van der Waals surface area contributed by atoms with Gasteiger partial charge in [-0.05, 0) is 52.7 Å². The molecule has 1 saturated heterocycles. The van der Waals surface area contributed by atoms with Gasteiger partial charge in [-0.25, -0.2) is 4.79 Å². The van der Waals surface area contributed by atoms with Crippen LogP contribution < -0.4 is 5.32 Å². The fraction of sp³-hybridized carbons (Fsp3) is 0.857. The average Bonchev–Trinajstić information content (AvgIpc) is 2.40. The number of likely N-dealkylation sites (tertiary alicyclic amines) is 1. The molecule has 6 heteroatoms. The van der Waals surface area contributed by atoms with Gasteiger partial charge in [0.05, 0.1) is 5.92 Å². The number of rotatable bonds is 5. The SMILES string of the molecule is CC(NC(=O)N(C)CC1CCN(C)CC1)C(C)C(=O)O. The Labute approximate surface area is 121 Å². The van der Waals surface area contributed by atoms with Crippen molar-refractivity contribution in [1.82, 2.24) is 15.1 Å². The molecule has 1 rings (SSSR count). The van der Waals surface area contributed by atoms with Crippen molar-refractivity contribution in [1.29, 1.82) is 0 Å². The highest BCUT2D eigenvalue weighted by atomic mass is 16.4. The van der Waals surface area contributed by atoms with E-state index in [2.05, 4.69) is 17.3 Å². The molecule has 1 heterocycles. The Balaban J connectivity index is 2.37. The third-order valence-electron chi connectivity index (χ3n) is 4.21. The predicted octanol–water partition coefficient (Wildman–Crippen LogP) is 1.08. The van der Waals surface area contributed by atoms with Gasteiger partial charge in [-0.3, -0.25) is 4.79 Å². The van der Waals surface area contributed by atoms with Crippen LogP contribution in [0.3, 0.4) is 0 Å². The molecule has 20 heavy (non-hydrogen) atoms. The van der Waals surface area contributed by atoms with Crippen molar-refractivity contribution in [3.63, 3.8) is 0 Å². The van der Waals surface area contributed by atoms with Gasteiger partial charge in [0.25, 0.3) is 0 Å². The number of carboxylic acid groups (broad SMARTS) is 1. The lowest BCUT2D eigenvalue weighted by molar-refractivity contribution is -0.141. The Morgan fingerprint density at radius 1 is 1.35 bits per heavy atom. The van der Waals surface area contributed by atoms with Crippen molar-refractivity contribution >= 4 is 12.0 Å². The van der Waals surface area contributed by atoms with Crippen LogP contribution in [0.25, 0.3) is 0 Å². The first-order chi connectivity index (χ1) is 9.31. The van der Waals surface area contributed by atoms with Crippen LogP contribution in [0.5, 0.6) is 0 Å². The molecule has 1 aliphatic rings. The smallest absolute Gasteiger partial charge is 0.317 e. The molecule has 2 amide bonds. The van der Waals surface area contributed by atoms with Crippen molar-refractivity contribution in [3.8, 4) is 0 Å². The predicted molar refractivity (Wildman–Crippen MR) is 77.6 cm³/mol. The molecular formula is C14H27N3O3. The van der Waals surface area contributed by atoms with Gasteiger partial charge < -0.3 is 20.2 Å². The minimum atomic E-state index is -0.893. The van der Waals surface area contributed by atoms with Gasteiger partial charge in [0.1, 0.15) is 0 Å². The second-order valence-electron chi connectivity index (χ2n) is 5.99. The number of carbonyl (C=O) groups is 2. The molecular weight excluding hydrogens is 258 g/mol. The van der Waals surface area contributed by atoms with E-state index in [1.165, 1.54) is 0 Å². The summed E-state index contributed by atoms with van der Waals surface area (Å²) in [6.45, 7) is 6.21. The normalized spacial score (nSPS) is 20.2. The zero-order chi connectivity index (χ0) is 15.3. The van der Waals surface area contributed by atoms with Crippen molar-refractivity contribution < 1.29 is 14.7 Å². The largest absolute Gasteiger partial charge is 0.481 e. The van der Waals surface area contributed by atoms with E-state index >= 15 is 0 Å². The van der Waals surface area contributed by atoms with E-state index in [0.717, 1.165) is 32.5 Å². The number of aliphatic carboxylic acids is 1. The lowest BCUT2D eigenvalue weighted by atomic mass is 9.97. The number of nitrogens with zero attached hydrogens (tertiary/aromatic N) is 2. The van der Waals surface area contributed by atoms with Crippen molar-refractivity contribution in [2.24, 2.45) is 11.8 Å². The van der Waals surface area contributed by atoms with Gasteiger partial charge in [0.2, 0.25) is 0 Å². The molecule has 0 aromatic rings. The maximum absolute atomic E-state index is 12.0. The van der Waals surface area contributed by atoms with E-state index in [9.17, 15) is 9.59 Å². The zero-order valence-electron chi connectivity index (χ0n) is 12.9. The van der Waals surface area contributed by atoms with E-state index in [4.69, 9.17) is 5.11 Å². The number of hydrogen-bond donors (Lipinski definition) is 2. The molecule has 1 aliphatic heterocycles. The van der Waals surface area contributed by atoms with Gasteiger partial charge in [-0.2, -0.15) is 0 Å². The van der Waals surface area contributed by atoms with E-state index in [1.807, 2.05) is 0 Å². The maximum Gasteiger partial charge on any atom is 0.317 e. The van der Waals surface area contributed by atoms with Crippen molar-refractivity contribution in [2.75, 3.05) is 33.7 Å². The summed E-state index contributed by atoms with van der Waals surface area (Å²) in [5.74, 6) is -0.944. The number of piperidine rings is 1. The quantitative estimate of drug-likeness (QED) is 0.793. The molecule has 0 bridgehead atoms. The van der Waals surface area contributed by atoms with Crippen LogP contribution in [0.15, 0.2) is 0 Å². The highest BCUT2D eigenvalue weighted by Crippen LogP contribution is 2.16. The molecule has 6 nitrogen and oxygen atoms in total. The number of hydrogen-bond acceptors (Lipinski definition) is 3. The van der Waals surface area contributed by atoms with Crippen LogP contribution in [0.2, 0.25) is 0 Å². The van der Waals surface area contributed by atoms with Crippen molar-refractivity contribution in [3.05, 3.63) is 0 Å². The highest BCUT2D eigenvalue weighted by Gasteiger charge is 2.24. The van der Waals surface area contributed by atoms with Crippen LogP contribution in [0, 0.1) is 11.8 Å². The second kappa shape index (κ2) is 7.47. The van der Waals surface area contributed by atoms with Gasteiger partial charge in [-0.15, -0.1) is 0 Å². The number of amides is 2. The first-order valence-electron chi connectivity index (χ1n) is 7.24. The fourth-order valence-electron chi connectivity index (χ4n) is 2.36. The Hall–Kier alpha value is -1.30. The van der Waals surface area contributed by atoms with Gasteiger partial charge >= 0.3 is 12.0 Å². The summed E-state index contributed by atoms with van der Waals surface area (Å²) >= 11 is 0. The van der Waals surface area contributed by atoms with Gasteiger partial charge in [0, 0.05) is 19.6 Å². The summed E-state index contributed by atoms with van der Waals surface area (Å²) in [5, 5.41) is 11.7. The van der Waals surface area contributed by atoms with Crippen LogP contribution >= 0.6 is 0 Å². The molecule has 1 fully saturated rings. The first kappa shape index (κ1) is 16.8. The third kappa shape index (κ3) is 5.00. The molecule has 2 unspecified atom stereocenters. The molecule has 0 saturated carbocycles. The summed E-state index contributed by atoms with van der Waals surface area (Å²) in [7, 11) is 3.88. The standard InChI is InChI=1S/C14H27N3O3/c1-10(13(18)19)11(2)15-14(20)17(4)9-12-5-7-16(3)8-6-12/h10-12H,5-9H2,1-4H3,(H,15,20)(H,18,19). The Morgan fingerprint density at radius 2 is 1.90 bits per heavy atom. The number of nitrogens with one attached hydrogen (secondary N) is 1. The summed E-state index contributed by atoms with van der Waals surface area (Å²) in [4.78, 5) is 26.9.